The van der Waals surface area contributed by atoms with E-state index in [1.54, 1.807) is 0 Å². The fraction of sp³-hybridized carbons (Fsp3) is 0.343. The van der Waals surface area contributed by atoms with E-state index in [2.05, 4.69) is 134 Å². The van der Waals surface area contributed by atoms with E-state index >= 15 is 0 Å². The highest BCUT2D eigenvalue weighted by Gasteiger charge is 2.27. The van der Waals surface area contributed by atoms with Crippen LogP contribution in [0.4, 0.5) is 0 Å². The molecule has 0 atom stereocenters. The average molecular weight is 476 g/mol. The molecule has 1 nitrogen and oxygen atoms in total. The van der Waals surface area contributed by atoms with Crippen LogP contribution in [0, 0.1) is 0 Å². The molecule has 4 aromatic rings. The maximum atomic E-state index is 4.54. The third kappa shape index (κ3) is 5.16. The van der Waals surface area contributed by atoms with E-state index < -0.39 is 0 Å². The third-order valence-corrected chi connectivity index (χ3v) is 7.01. The number of hydrogen-bond acceptors (Lipinski definition) is 1. The molecule has 1 heteroatoms. The van der Waals surface area contributed by atoms with Crippen LogP contribution in [0.1, 0.15) is 79.0 Å². The van der Waals surface area contributed by atoms with Crippen LogP contribution in [0.15, 0.2) is 85.2 Å². The second-order valence-electron chi connectivity index (χ2n) is 13.0. The molecule has 0 radical (unpaired) electrons. The maximum Gasteiger partial charge on any atom is 0.0346 e. The molecule has 0 bridgehead atoms. The molecule has 0 amide bonds. The van der Waals surface area contributed by atoms with E-state index in [0.29, 0.717) is 0 Å². The first-order valence-electron chi connectivity index (χ1n) is 13.1. The summed E-state index contributed by atoms with van der Waals surface area (Å²) in [6, 6.07) is 26.9. The average Bonchev–Trinajstić information content (AvgIpc) is 2.82. The van der Waals surface area contributed by atoms with Crippen LogP contribution < -0.4 is 0 Å². The minimum atomic E-state index is 0.00429. The van der Waals surface area contributed by atoms with Crippen LogP contribution in [0.5, 0.6) is 0 Å². The lowest BCUT2D eigenvalue weighted by Crippen LogP contribution is -2.16. The first-order chi connectivity index (χ1) is 16.8. The molecule has 1 aromatic heterocycles. The van der Waals surface area contributed by atoms with E-state index in [1.165, 1.54) is 44.5 Å². The van der Waals surface area contributed by atoms with Gasteiger partial charge in [-0.15, -0.1) is 0 Å². The molecule has 0 aliphatic heterocycles. The van der Waals surface area contributed by atoms with Gasteiger partial charge in [-0.05, 0) is 79.0 Å². The van der Waals surface area contributed by atoms with Crippen molar-refractivity contribution in [1.29, 1.82) is 0 Å². The lowest BCUT2D eigenvalue weighted by Gasteiger charge is -2.30. The maximum absolute atomic E-state index is 4.54. The summed E-state index contributed by atoms with van der Waals surface area (Å²) in [5.41, 5.74) is 11.6. The summed E-state index contributed by atoms with van der Waals surface area (Å²) in [6.07, 6.45) is 3.87. The number of pyridine rings is 1. The standard InChI is InChI=1S/C35H41N/c1-33(2,3)25-21-28(26-16-10-12-18-30(26)34(4,5)6)32(24-15-14-20-36-23-24)29(22-25)27-17-11-13-19-31(27)35(7,8)9/h10-23H,1-9H3. The van der Waals surface area contributed by atoms with Crippen LogP contribution in [0.25, 0.3) is 33.4 Å². The molecule has 186 valence electrons. The fourth-order valence-electron chi connectivity index (χ4n) is 5.07. The first kappa shape index (κ1) is 25.9. The predicted molar refractivity (Wildman–Crippen MR) is 157 cm³/mol. The third-order valence-electron chi connectivity index (χ3n) is 7.01. The Balaban J connectivity index is 2.23. The number of benzene rings is 3. The Morgan fingerprint density at radius 3 is 1.36 bits per heavy atom. The van der Waals surface area contributed by atoms with Gasteiger partial charge in [0.25, 0.3) is 0 Å². The van der Waals surface area contributed by atoms with Gasteiger partial charge in [-0.25, -0.2) is 0 Å². The predicted octanol–water partition coefficient (Wildman–Crippen LogP) is 9.98. The molecular weight excluding hydrogens is 434 g/mol. The molecule has 4 rings (SSSR count). The van der Waals surface area contributed by atoms with Crippen molar-refractivity contribution in [2.24, 2.45) is 0 Å². The van der Waals surface area contributed by atoms with Crippen molar-refractivity contribution in [3.8, 4) is 33.4 Å². The zero-order valence-corrected chi connectivity index (χ0v) is 23.5. The van der Waals surface area contributed by atoms with Crippen molar-refractivity contribution in [1.82, 2.24) is 4.98 Å². The van der Waals surface area contributed by atoms with Crippen molar-refractivity contribution < 1.29 is 0 Å². The monoisotopic (exact) mass is 475 g/mol. The molecule has 0 aliphatic rings. The first-order valence-corrected chi connectivity index (χ1v) is 13.1. The topological polar surface area (TPSA) is 12.9 Å². The Morgan fingerprint density at radius 2 is 0.972 bits per heavy atom. The molecule has 36 heavy (non-hydrogen) atoms. The molecule has 0 saturated heterocycles. The highest BCUT2D eigenvalue weighted by Crippen LogP contribution is 2.47. The minimum absolute atomic E-state index is 0.00429. The smallest absolute Gasteiger partial charge is 0.0346 e. The lowest BCUT2D eigenvalue weighted by atomic mass is 9.74. The summed E-state index contributed by atoms with van der Waals surface area (Å²) in [7, 11) is 0. The van der Waals surface area contributed by atoms with Crippen molar-refractivity contribution >= 4 is 0 Å². The Morgan fingerprint density at radius 1 is 0.500 bits per heavy atom. The van der Waals surface area contributed by atoms with Crippen molar-refractivity contribution in [2.75, 3.05) is 0 Å². The Kier molecular flexibility index (Phi) is 6.73. The molecular formula is C35H41N. The van der Waals surface area contributed by atoms with Crippen LogP contribution >= 0.6 is 0 Å². The largest absolute Gasteiger partial charge is 0.264 e. The van der Waals surface area contributed by atoms with E-state index in [0.717, 1.165) is 5.56 Å². The highest BCUT2D eigenvalue weighted by molar-refractivity contribution is 5.96. The van der Waals surface area contributed by atoms with Gasteiger partial charge < -0.3 is 0 Å². The van der Waals surface area contributed by atoms with Gasteiger partial charge in [-0.2, -0.15) is 0 Å². The SMILES string of the molecule is CC(C)(C)c1cc(-c2ccccc2C(C)(C)C)c(-c2cccnc2)c(-c2ccccc2C(C)(C)C)c1. The van der Waals surface area contributed by atoms with Crippen LogP contribution in [-0.2, 0) is 16.2 Å². The van der Waals surface area contributed by atoms with Gasteiger partial charge >= 0.3 is 0 Å². The van der Waals surface area contributed by atoms with Gasteiger partial charge in [0.2, 0.25) is 0 Å². The molecule has 0 fully saturated rings. The summed E-state index contributed by atoms with van der Waals surface area (Å²) in [5.74, 6) is 0. The molecule has 1 heterocycles. The zero-order valence-electron chi connectivity index (χ0n) is 23.5. The zero-order chi connectivity index (χ0) is 26.3. The summed E-state index contributed by atoms with van der Waals surface area (Å²) in [5, 5.41) is 0. The van der Waals surface area contributed by atoms with Crippen LogP contribution in [-0.4, -0.2) is 4.98 Å². The minimum Gasteiger partial charge on any atom is -0.264 e. The van der Waals surface area contributed by atoms with Gasteiger partial charge in [-0.1, -0.05) is 117 Å². The number of hydrogen-bond donors (Lipinski definition) is 0. The highest BCUT2D eigenvalue weighted by atomic mass is 14.6. The normalized spacial score (nSPS) is 12.6. The molecule has 0 unspecified atom stereocenters. The number of nitrogens with zero attached hydrogens (tertiary/aromatic N) is 1. The van der Waals surface area contributed by atoms with Gasteiger partial charge in [0.1, 0.15) is 0 Å². The lowest BCUT2D eigenvalue weighted by molar-refractivity contribution is 0.588. The second-order valence-corrected chi connectivity index (χ2v) is 13.0. The van der Waals surface area contributed by atoms with E-state index in [1.807, 2.05) is 18.5 Å². The Labute approximate surface area is 218 Å². The molecule has 0 N–H and O–H groups in total. The summed E-state index contributed by atoms with van der Waals surface area (Å²) < 4.78 is 0. The van der Waals surface area contributed by atoms with Crippen molar-refractivity contribution in [3.63, 3.8) is 0 Å². The Hall–Kier alpha value is -3.19. The van der Waals surface area contributed by atoms with E-state index in [4.69, 9.17) is 0 Å². The van der Waals surface area contributed by atoms with Gasteiger partial charge in [0, 0.05) is 18.0 Å². The van der Waals surface area contributed by atoms with Crippen molar-refractivity contribution in [2.45, 2.75) is 78.6 Å². The summed E-state index contributed by atoms with van der Waals surface area (Å²) in [4.78, 5) is 4.54. The van der Waals surface area contributed by atoms with E-state index in [9.17, 15) is 0 Å². The summed E-state index contributed by atoms with van der Waals surface area (Å²) >= 11 is 0. The fourth-order valence-corrected chi connectivity index (χ4v) is 5.07. The van der Waals surface area contributed by atoms with Crippen LogP contribution in [0.2, 0.25) is 0 Å². The summed E-state index contributed by atoms with van der Waals surface area (Å²) in [6.45, 7) is 20.8. The second kappa shape index (κ2) is 9.36. The van der Waals surface area contributed by atoms with Gasteiger partial charge in [-0.3, -0.25) is 4.98 Å². The molecule has 0 spiro atoms. The molecule has 3 aromatic carbocycles. The molecule has 0 aliphatic carbocycles. The van der Waals surface area contributed by atoms with Gasteiger partial charge in [0.15, 0.2) is 0 Å². The van der Waals surface area contributed by atoms with E-state index in [-0.39, 0.29) is 16.2 Å². The Bertz CT molecular complexity index is 1280. The quantitative estimate of drug-likeness (QED) is 0.287. The number of aromatic nitrogens is 1. The molecule has 0 saturated carbocycles. The van der Waals surface area contributed by atoms with Crippen LogP contribution in [0.3, 0.4) is 0 Å². The van der Waals surface area contributed by atoms with Crippen molar-refractivity contribution in [3.05, 3.63) is 102 Å². The van der Waals surface area contributed by atoms with Gasteiger partial charge in [0.05, 0.1) is 0 Å². The number of rotatable bonds is 3.